The maximum atomic E-state index is 14.2. The van der Waals surface area contributed by atoms with Crippen LogP contribution < -0.4 is 5.32 Å². The number of hydrogen-bond donors (Lipinski definition) is 1. The van der Waals surface area contributed by atoms with Crippen molar-refractivity contribution in [2.24, 2.45) is 0 Å². The summed E-state index contributed by atoms with van der Waals surface area (Å²) in [7, 11) is 0. The third-order valence-electron chi connectivity index (χ3n) is 2.78. The molecule has 2 rings (SSSR count). The summed E-state index contributed by atoms with van der Waals surface area (Å²) in [4.78, 5) is 0. The van der Waals surface area contributed by atoms with Crippen molar-refractivity contribution in [1.29, 1.82) is 0 Å². The van der Waals surface area contributed by atoms with Crippen molar-refractivity contribution in [2.75, 3.05) is 6.54 Å². The van der Waals surface area contributed by atoms with E-state index in [9.17, 15) is 4.39 Å². The van der Waals surface area contributed by atoms with E-state index in [0.717, 1.165) is 17.9 Å². The van der Waals surface area contributed by atoms with Crippen molar-refractivity contribution >= 4 is 15.9 Å². The Morgan fingerprint density at radius 2 is 2.22 bits per heavy atom. The van der Waals surface area contributed by atoms with Crippen molar-refractivity contribution < 1.29 is 8.81 Å². The molecule has 0 spiro atoms. The Hall–Kier alpha value is -1.13. The van der Waals surface area contributed by atoms with Gasteiger partial charge in [-0.1, -0.05) is 19.1 Å². The first-order chi connectivity index (χ1) is 8.63. The van der Waals surface area contributed by atoms with E-state index in [4.69, 9.17) is 4.42 Å². The van der Waals surface area contributed by atoms with E-state index in [0.29, 0.717) is 10.0 Å². The minimum Gasteiger partial charge on any atom is -0.469 e. The Labute approximate surface area is 114 Å². The number of aryl methyl sites for hydroxylation is 1. The molecule has 1 aromatic heterocycles. The zero-order chi connectivity index (χ0) is 13.1. The SMILES string of the molecule is CCNC(c1coc(C)c1)c1cccc(Br)c1F. The van der Waals surface area contributed by atoms with Gasteiger partial charge in [0.1, 0.15) is 11.6 Å². The average Bonchev–Trinajstić information content (AvgIpc) is 2.77. The van der Waals surface area contributed by atoms with E-state index in [1.165, 1.54) is 0 Å². The fraction of sp³-hybridized carbons (Fsp3) is 0.286. The third-order valence-corrected chi connectivity index (χ3v) is 3.40. The van der Waals surface area contributed by atoms with Gasteiger partial charge in [0.05, 0.1) is 16.8 Å². The van der Waals surface area contributed by atoms with Crippen LogP contribution >= 0.6 is 15.9 Å². The highest BCUT2D eigenvalue weighted by Crippen LogP contribution is 2.29. The van der Waals surface area contributed by atoms with Crippen molar-refractivity contribution in [1.82, 2.24) is 5.32 Å². The Morgan fingerprint density at radius 3 is 2.83 bits per heavy atom. The summed E-state index contributed by atoms with van der Waals surface area (Å²) in [5.74, 6) is 0.589. The lowest BCUT2D eigenvalue weighted by atomic mass is 10.0. The molecule has 96 valence electrons. The summed E-state index contributed by atoms with van der Waals surface area (Å²) in [6.45, 7) is 4.63. The smallest absolute Gasteiger partial charge is 0.142 e. The number of benzene rings is 1. The van der Waals surface area contributed by atoms with Gasteiger partial charge in [0.15, 0.2) is 0 Å². The van der Waals surface area contributed by atoms with Gasteiger partial charge in [0.25, 0.3) is 0 Å². The van der Waals surface area contributed by atoms with Gasteiger partial charge < -0.3 is 9.73 Å². The highest BCUT2D eigenvalue weighted by Gasteiger charge is 2.19. The predicted molar refractivity (Wildman–Crippen MR) is 73.1 cm³/mol. The van der Waals surface area contributed by atoms with Crippen molar-refractivity contribution in [3.63, 3.8) is 0 Å². The summed E-state index contributed by atoms with van der Waals surface area (Å²) < 4.78 is 19.9. The van der Waals surface area contributed by atoms with Crippen LogP contribution in [0.3, 0.4) is 0 Å². The number of furan rings is 1. The summed E-state index contributed by atoms with van der Waals surface area (Å²) in [5, 5.41) is 3.28. The molecule has 0 amide bonds. The Bertz CT molecular complexity index is 538. The molecule has 1 N–H and O–H groups in total. The molecule has 0 aliphatic carbocycles. The molecule has 0 saturated carbocycles. The van der Waals surface area contributed by atoms with E-state index in [2.05, 4.69) is 21.2 Å². The second kappa shape index (κ2) is 5.67. The van der Waals surface area contributed by atoms with Crippen LogP contribution in [0.5, 0.6) is 0 Å². The minimum atomic E-state index is -0.234. The molecule has 1 aromatic carbocycles. The van der Waals surface area contributed by atoms with Crippen LogP contribution in [0.4, 0.5) is 4.39 Å². The molecule has 0 radical (unpaired) electrons. The lowest BCUT2D eigenvalue weighted by molar-refractivity contribution is 0.520. The van der Waals surface area contributed by atoms with Crippen LogP contribution in [0.15, 0.2) is 39.4 Å². The van der Waals surface area contributed by atoms with E-state index in [1.54, 1.807) is 18.4 Å². The monoisotopic (exact) mass is 311 g/mol. The molecule has 0 aliphatic rings. The van der Waals surface area contributed by atoms with Gasteiger partial charge in [-0.15, -0.1) is 0 Å². The fourth-order valence-electron chi connectivity index (χ4n) is 1.97. The van der Waals surface area contributed by atoms with Gasteiger partial charge >= 0.3 is 0 Å². The van der Waals surface area contributed by atoms with E-state index in [-0.39, 0.29) is 11.9 Å². The zero-order valence-electron chi connectivity index (χ0n) is 10.3. The van der Waals surface area contributed by atoms with Gasteiger partial charge in [-0.25, -0.2) is 4.39 Å². The van der Waals surface area contributed by atoms with Crippen molar-refractivity contribution in [2.45, 2.75) is 19.9 Å². The van der Waals surface area contributed by atoms with Crippen LogP contribution in [0.2, 0.25) is 0 Å². The first kappa shape index (κ1) is 13.3. The third kappa shape index (κ3) is 2.65. The fourth-order valence-corrected chi connectivity index (χ4v) is 2.35. The normalized spacial score (nSPS) is 12.7. The predicted octanol–water partition coefficient (Wildman–Crippen LogP) is 4.19. The number of hydrogen-bond acceptors (Lipinski definition) is 2. The van der Waals surface area contributed by atoms with Crippen LogP contribution in [0, 0.1) is 12.7 Å². The molecule has 2 nitrogen and oxygen atoms in total. The molecule has 0 saturated heterocycles. The lowest BCUT2D eigenvalue weighted by Crippen LogP contribution is -2.22. The highest BCUT2D eigenvalue weighted by atomic mass is 79.9. The highest BCUT2D eigenvalue weighted by molar-refractivity contribution is 9.10. The summed E-state index contributed by atoms with van der Waals surface area (Å²) in [6, 6.07) is 7.05. The molecule has 18 heavy (non-hydrogen) atoms. The first-order valence-electron chi connectivity index (χ1n) is 5.85. The molecular weight excluding hydrogens is 297 g/mol. The van der Waals surface area contributed by atoms with Gasteiger partial charge in [0, 0.05) is 11.1 Å². The summed E-state index contributed by atoms with van der Waals surface area (Å²) in [6.07, 6.45) is 1.67. The molecule has 0 bridgehead atoms. The second-order valence-electron chi connectivity index (χ2n) is 4.12. The molecule has 4 heteroatoms. The Kier molecular flexibility index (Phi) is 4.19. The topological polar surface area (TPSA) is 25.2 Å². The Morgan fingerprint density at radius 1 is 1.44 bits per heavy atom. The van der Waals surface area contributed by atoms with Gasteiger partial charge in [-0.3, -0.25) is 0 Å². The molecule has 0 fully saturated rings. The van der Waals surface area contributed by atoms with Gasteiger partial charge in [-0.05, 0) is 41.5 Å². The lowest BCUT2D eigenvalue weighted by Gasteiger charge is -2.18. The summed E-state index contributed by atoms with van der Waals surface area (Å²) in [5.41, 5.74) is 1.55. The maximum Gasteiger partial charge on any atom is 0.142 e. The molecular formula is C14H15BrFNO. The quantitative estimate of drug-likeness (QED) is 0.916. The van der Waals surface area contributed by atoms with Gasteiger partial charge in [-0.2, -0.15) is 0 Å². The second-order valence-corrected chi connectivity index (χ2v) is 4.98. The summed E-state index contributed by atoms with van der Waals surface area (Å²) >= 11 is 3.22. The zero-order valence-corrected chi connectivity index (χ0v) is 11.9. The van der Waals surface area contributed by atoms with Gasteiger partial charge in [0.2, 0.25) is 0 Å². The Balaban J connectivity index is 2.44. The van der Waals surface area contributed by atoms with Crippen LogP contribution in [0.1, 0.15) is 29.9 Å². The molecule has 1 atom stereocenters. The maximum absolute atomic E-state index is 14.2. The van der Waals surface area contributed by atoms with Crippen molar-refractivity contribution in [3.05, 3.63) is 57.7 Å². The van der Waals surface area contributed by atoms with E-state index in [1.807, 2.05) is 26.0 Å². The minimum absolute atomic E-state index is 0.190. The first-order valence-corrected chi connectivity index (χ1v) is 6.65. The standard InChI is InChI=1S/C14H15BrFNO/c1-3-17-14(10-7-9(2)18-8-10)11-5-4-6-12(15)13(11)16/h4-8,14,17H,3H2,1-2H3. The average molecular weight is 312 g/mol. The number of nitrogens with one attached hydrogen (secondary N) is 1. The molecule has 0 aliphatic heterocycles. The van der Waals surface area contributed by atoms with Crippen molar-refractivity contribution in [3.8, 4) is 0 Å². The molecule has 2 aromatic rings. The van der Waals surface area contributed by atoms with Crippen LogP contribution in [-0.4, -0.2) is 6.54 Å². The van der Waals surface area contributed by atoms with E-state index < -0.39 is 0 Å². The molecule has 1 heterocycles. The number of rotatable bonds is 4. The van der Waals surface area contributed by atoms with Crippen LogP contribution in [0.25, 0.3) is 0 Å². The van der Waals surface area contributed by atoms with Crippen LogP contribution in [-0.2, 0) is 0 Å². The number of halogens is 2. The van der Waals surface area contributed by atoms with E-state index >= 15 is 0 Å². The largest absolute Gasteiger partial charge is 0.469 e. The molecule has 1 unspecified atom stereocenters.